The minimum Gasteiger partial charge on any atom is -0.497 e. The Balaban J connectivity index is 2.34. The Morgan fingerprint density at radius 2 is 2.00 bits per heavy atom. The highest BCUT2D eigenvalue weighted by Crippen LogP contribution is 2.26. The molecule has 2 rings (SSSR count). The van der Waals surface area contributed by atoms with Crippen LogP contribution in [0.5, 0.6) is 5.75 Å². The van der Waals surface area contributed by atoms with Gasteiger partial charge in [0, 0.05) is 17.1 Å². The van der Waals surface area contributed by atoms with Crippen LogP contribution in [0.2, 0.25) is 0 Å². The zero-order chi connectivity index (χ0) is 15.5. The second-order valence-electron chi connectivity index (χ2n) is 4.34. The number of hydrogen-bond donors (Lipinski definition) is 2. The molecule has 2 aromatic rings. The van der Waals surface area contributed by atoms with Crippen LogP contribution in [0.25, 0.3) is 0 Å². The molecule has 5 nitrogen and oxygen atoms in total. The summed E-state index contributed by atoms with van der Waals surface area (Å²) in [6.07, 6.45) is 0. The van der Waals surface area contributed by atoms with E-state index in [9.17, 15) is 8.42 Å². The van der Waals surface area contributed by atoms with Gasteiger partial charge in [0.1, 0.15) is 5.75 Å². The van der Waals surface area contributed by atoms with Gasteiger partial charge in [-0.2, -0.15) is 0 Å². The summed E-state index contributed by atoms with van der Waals surface area (Å²) in [6.45, 7) is 0.286. The highest BCUT2D eigenvalue weighted by Gasteiger charge is 2.15. The van der Waals surface area contributed by atoms with Crippen molar-refractivity contribution in [1.82, 2.24) is 0 Å². The molecule has 2 aromatic carbocycles. The highest BCUT2D eigenvalue weighted by molar-refractivity contribution is 9.10. The fraction of sp³-hybridized carbons (Fsp3) is 0.143. The predicted octanol–water partition coefficient (Wildman–Crippen LogP) is 2.72. The van der Waals surface area contributed by atoms with Gasteiger partial charge in [-0.3, -0.25) is 4.72 Å². The molecule has 0 saturated carbocycles. The molecule has 0 spiro atoms. The highest BCUT2D eigenvalue weighted by atomic mass is 79.9. The Kier molecular flexibility index (Phi) is 4.87. The maximum absolute atomic E-state index is 12.4. The van der Waals surface area contributed by atoms with Gasteiger partial charge in [-0.25, -0.2) is 8.42 Å². The molecule has 0 aromatic heterocycles. The third-order valence-electron chi connectivity index (χ3n) is 2.80. The van der Waals surface area contributed by atoms with Crippen LogP contribution < -0.4 is 15.2 Å². The average Bonchev–Trinajstić information content (AvgIpc) is 2.46. The fourth-order valence-electron chi connectivity index (χ4n) is 1.79. The molecule has 21 heavy (non-hydrogen) atoms. The molecule has 0 aliphatic rings. The van der Waals surface area contributed by atoms with Gasteiger partial charge in [-0.05, 0) is 29.8 Å². The maximum atomic E-state index is 12.4. The van der Waals surface area contributed by atoms with Crippen molar-refractivity contribution in [3.8, 4) is 5.75 Å². The van der Waals surface area contributed by atoms with E-state index in [1.807, 2.05) is 0 Å². The second-order valence-corrected chi connectivity index (χ2v) is 6.93. The van der Waals surface area contributed by atoms with E-state index < -0.39 is 10.0 Å². The molecular formula is C14H15BrN2O3S. The molecule has 0 amide bonds. The molecule has 0 fully saturated rings. The van der Waals surface area contributed by atoms with Crippen LogP contribution >= 0.6 is 15.9 Å². The SMILES string of the molecule is COc1cc(Br)cc(NS(=O)(=O)c2cccc(CN)c2)c1. The van der Waals surface area contributed by atoms with Crippen LogP contribution in [-0.2, 0) is 16.6 Å². The molecular weight excluding hydrogens is 356 g/mol. The van der Waals surface area contributed by atoms with E-state index in [2.05, 4.69) is 20.7 Å². The molecule has 0 saturated heterocycles. The first-order valence-electron chi connectivity index (χ1n) is 6.11. The third kappa shape index (κ3) is 3.96. The van der Waals surface area contributed by atoms with E-state index in [4.69, 9.17) is 10.5 Å². The van der Waals surface area contributed by atoms with Crippen molar-refractivity contribution >= 4 is 31.6 Å². The van der Waals surface area contributed by atoms with Crippen molar-refractivity contribution in [2.75, 3.05) is 11.8 Å². The van der Waals surface area contributed by atoms with Gasteiger partial charge >= 0.3 is 0 Å². The summed E-state index contributed by atoms with van der Waals surface area (Å²) in [7, 11) is -2.15. The minimum atomic E-state index is -3.67. The quantitative estimate of drug-likeness (QED) is 0.847. The standard InChI is InChI=1S/C14H15BrN2O3S/c1-20-13-7-11(15)6-12(8-13)17-21(18,19)14-4-2-3-10(5-14)9-16/h2-8,17H,9,16H2,1H3. The number of sulfonamides is 1. The van der Waals surface area contributed by atoms with Crippen molar-refractivity contribution in [2.24, 2.45) is 5.73 Å². The van der Waals surface area contributed by atoms with Crippen molar-refractivity contribution in [1.29, 1.82) is 0 Å². The molecule has 0 unspecified atom stereocenters. The molecule has 0 atom stereocenters. The molecule has 0 radical (unpaired) electrons. The Hall–Kier alpha value is -1.57. The summed E-state index contributed by atoms with van der Waals surface area (Å²) in [6, 6.07) is 11.5. The van der Waals surface area contributed by atoms with Crippen molar-refractivity contribution in [3.05, 3.63) is 52.5 Å². The first-order chi connectivity index (χ1) is 9.94. The summed E-state index contributed by atoms with van der Waals surface area (Å²) in [4.78, 5) is 0.171. The lowest BCUT2D eigenvalue weighted by Gasteiger charge is -2.11. The Morgan fingerprint density at radius 3 is 2.67 bits per heavy atom. The summed E-state index contributed by atoms with van der Waals surface area (Å²) in [5, 5.41) is 0. The van der Waals surface area contributed by atoms with Crippen LogP contribution in [0, 0.1) is 0 Å². The molecule has 112 valence electrons. The van der Waals surface area contributed by atoms with Gasteiger partial charge in [0.15, 0.2) is 0 Å². The summed E-state index contributed by atoms with van der Waals surface area (Å²) in [5.74, 6) is 0.554. The van der Waals surface area contributed by atoms with E-state index in [0.717, 1.165) is 10.0 Å². The Labute approximate surface area is 132 Å². The van der Waals surface area contributed by atoms with Crippen LogP contribution in [0.1, 0.15) is 5.56 Å². The lowest BCUT2D eigenvalue weighted by molar-refractivity contribution is 0.415. The number of benzene rings is 2. The zero-order valence-electron chi connectivity index (χ0n) is 11.3. The van der Waals surface area contributed by atoms with Gasteiger partial charge in [0.05, 0.1) is 17.7 Å². The first-order valence-corrected chi connectivity index (χ1v) is 8.38. The van der Waals surface area contributed by atoms with Crippen LogP contribution in [0.15, 0.2) is 51.8 Å². The molecule has 7 heteroatoms. The lowest BCUT2D eigenvalue weighted by atomic mass is 10.2. The van der Waals surface area contributed by atoms with Gasteiger partial charge < -0.3 is 10.5 Å². The van der Waals surface area contributed by atoms with E-state index in [0.29, 0.717) is 11.4 Å². The summed E-state index contributed by atoms with van der Waals surface area (Å²) < 4.78 is 33.1. The number of halogens is 1. The van der Waals surface area contributed by atoms with Crippen molar-refractivity contribution in [2.45, 2.75) is 11.4 Å². The first kappa shape index (κ1) is 15.8. The van der Waals surface area contributed by atoms with Crippen LogP contribution in [-0.4, -0.2) is 15.5 Å². The van der Waals surface area contributed by atoms with E-state index in [1.165, 1.54) is 13.2 Å². The summed E-state index contributed by atoms with van der Waals surface area (Å²) >= 11 is 3.31. The van der Waals surface area contributed by atoms with Crippen LogP contribution in [0.4, 0.5) is 5.69 Å². The molecule has 3 N–H and O–H groups in total. The third-order valence-corrected chi connectivity index (χ3v) is 4.64. The van der Waals surface area contributed by atoms with Crippen molar-refractivity contribution in [3.63, 3.8) is 0 Å². The number of nitrogens with one attached hydrogen (secondary N) is 1. The van der Waals surface area contributed by atoms with Gasteiger partial charge in [-0.15, -0.1) is 0 Å². The average molecular weight is 371 g/mol. The number of anilines is 1. The number of methoxy groups -OCH3 is 1. The van der Waals surface area contributed by atoms with E-state index >= 15 is 0 Å². The second kappa shape index (κ2) is 6.46. The smallest absolute Gasteiger partial charge is 0.261 e. The normalized spacial score (nSPS) is 11.2. The lowest BCUT2D eigenvalue weighted by Crippen LogP contribution is -2.13. The Bertz CT molecular complexity index is 748. The monoisotopic (exact) mass is 370 g/mol. The summed E-state index contributed by atoms with van der Waals surface area (Å²) in [5.41, 5.74) is 6.70. The zero-order valence-corrected chi connectivity index (χ0v) is 13.7. The number of ether oxygens (including phenoxy) is 1. The number of nitrogens with two attached hydrogens (primary N) is 1. The Morgan fingerprint density at radius 1 is 1.24 bits per heavy atom. The fourth-order valence-corrected chi connectivity index (χ4v) is 3.38. The topological polar surface area (TPSA) is 81.4 Å². The minimum absolute atomic E-state index is 0.171. The molecule has 0 heterocycles. The van der Waals surface area contributed by atoms with Gasteiger partial charge in [0.2, 0.25) is 0 Å². The van der Waals surface area contributed by atoms with Crippen LogP contribution in [0.3, 0.4) is 0 Å². The number of hydrogen-bond acceptors (Lipinski definition) is 4. The van der Waals surface area contributed by atoms with Gasteiger partial charge in [0.25, 0.3) is 10.0 Å². The largest absolute Gasteiger partial charge is 0.497 e. The molecule has 0 bridgehead atoms. The van der Waals surface area contributed by atoms with Crippen molar-refractivity contribution < 1.29 is 13.2 Å². The molecule has 0 aliphatic heterocycles. The maximum Gasteiger partial charge on any atom is 0.261 e. The molecule has 0 aliphatic carbocycles. The predicted molar refractivity (Wildman–Crippen MR) is 85.8 cm³/mol. The number of rotatable bonds is 5. The van der Waals surface area contributed by atoms with Gasteiger partial charge in [-0.1, -0.05) is 28.1 Å². The van der Waals surface area contributed by atoms with E-state index in [1.54, 1.807) is 36.4 Å². The van der Waals surface area contributed by atoms with E-state index in [-0.39, 0.29) is 11.4 Å².